The highest BCUT2D eigenvalue weighted by Gasteiger charge is 2.18. The average Bonchev–Trinajstić information content (AvgIpc) is 2.85. The summed E-state index contributed by atoms with van der Waals surface area (Å²) in [5.41, 5.74) is 3.75. The molecule has 3 aromatic rings. The number of ether oxygens (including phenoxy) is 2. The van der Waals surface area contributed by atoms with Gasteiger partial charge in [0.25, 0.3) is 0 Å². The van der Waals surface area contributed by atoms with Crippen molar-refractivity contribution in [2.24, 2.45) is 5.92 Å². The molecule has 39 heavy (non-hydrogen) atoms. The van der Waals surface area contributed by atoms with Crippen molar-refractivity contribution in [1.29, 1.82) is 0 Å². The Hall–Kier alpha value is -3.26. The SMILES string of the molecule is CCOC(=O)C(=O)Nc1cc(C)c(Oc2ccc(O)c(CN(Cc3ccc(Cl)c(Cl)c3)CC(C)C)c2)c(C)c1. The summed E-state index contributed by atoms with van der Waals surface area (Å²) in [5, 5.41) is 14.2. The molecule has 0 radical (unpaired) electrons. The molecule has 0 aromatic heterocycles. The van der Waals surface area contributed by atoms with E-state index >= 15 is 0 Å². The molecule has 0 heterocycles. The van der Waals surface area contributed by atoms with Crippen LogP contribution in [0.15, 0.2) is 48.5 Å². The largest absolute Gasteiger partial charge is 0.508 e. The number of nitrogens with zero attached hydrogens (tertiary/aromatic N) is 1. The van der Waals surface area contributed by atoms with Crippen molar-refractivity contribution in [3.63, 3.8) is 0 Å². The molecular weight excluding hydrogens is 539 g/mol. The minimum absolute atomic E-state index is 0.121. The van der Waals surface area contributed by atoms with Crippen LogP contribution in [0.3, 0.4) is 0 Å². The topological polar surface area (TPSA) is 88.1 Å². The summed E-state index contributed by atoms with van der Waals surface area (Å²) in [7, 11) is 0. The molecule has 1 amide bonds. The maximum absolute atomic E-state index is 12.0. The Morgan fingerprint density at radius 1 is 0.974 bits per heavy atom. The van der Waals surface area contributed by atoms with Crippen molar-refractivity contribution < 1.29 is 24.2 Å². The van der Waals surface area contributed by atoms with Crippen LogP contribution < -0.4 is 10.1 Å². The summed E-state index contributed by atoms with van der Waals surface area (Å²) in [6.45, 7) is 11.7. The fourth-order valence-electron chi connectivity index (χ4n) is 4.27. The Morgan fingerprint density at radius 3 is 2.28 bits per heavy atom. The lowest BCUT2D eigenvalue weighted by Gasteiger charge is -2.25. The van der Waals surface area contributed by atoms with Crippen LogP contribution in [0.2, 0.25) is 10.0 Å². The number of halogens is 2. The molecule has 3 rings (SSSR count). The first kappa shape index (κ1) is 30.3. The number of benzene rings is 3. The second-order valence-corrected chi connectivity index (χ2v) is 10.6. The maximum Gasteiger partial charge on any atom is 0.397 e. The van der Waals surface area contributed by atoms with Gasteiger partial charge in [0.15, 0.2) is 0 Å². The number of hydrogen-bond acceptors (Lipinski definition) is 6. The molecule has 208 valence electrons. The summed E-state index contributed by atoms with van der Waals surface area (Å²) in [6.07, 6.45) is 0. The Labute approximate surface area is 239 Å². The van der Waals surface area contributed by atoms with Gasteiger partial charge in [-0.2, -0.15) is 0 Å². The number of esters is 1. The number of carbonyl (C=O) groups excluding carboxylic acids is 2. The first-order valence-electron chi connectivity index (χ1n) is 12.7. The van der Waals surface area contributed by atoms with E-state index in [9.17, 15) is 14.7 Å². The van der Waals surface area contributed by atoms with Crippen LogP contribution in [0.1, 0.15) is 43.0 Å². The minimum Gasteiger partial charge on any atom is -0.508 e. The number of aryl methyl sites for hydroxylation is 2. The lowest BCUT2D eigenvalue weighted by Crippen LogP contribution is -2.27. The van der Waals surface area contributed by atoms with Crippen LogP contribution >= 0.6 is 23.2 Å². The summed E-state index contributed by atoms with van der Waals surface area (Å²) >= 11 is 12.3. The monoisotopic (exact) mass is 572 g/mol. The molecule has 7 nitrogen and oxygen atoms in total. The fourth-order valence-corrected chi connectivity index (χ4v) is 4.59. The van der Waals surface area contributed by atoms with E-state index in [4.69, 9.17) is 32.7 Å². The van der Waals surface area contributed by atoms with Crippen LogP contribution in [0.5, 0.6) is 17.2 Å². The number of hydrogen-bond donors (Lipinski definition) is 2. The van der Waals surface area contributed by atoms with Gasteiger partial charge in [0.2, 0.25) is 0 Å². The van der Waals surface area contributed by atoms with Gasteiger partial charge in [0.05, 0.1) is 16.7 Å². The van der Waals surface area contributed by atoms with Crippen molar-refractivity contribution in [3.8, 4) is 17.2 Å². The minimum atomic E-state index is -0.935. The van der Waals surface area contributed by atoms with Crippen LogP contribution in [0.4, 0.5) is 5.69 Å². The third kappa shape index (κ3) is 8.62. The van der Waals surface area contributed by atoms with Crippen molar-refractivity contribution >= 4 is 40.8 Å². The molecule has 0 aliphatic carbocycles. The highest BCUT2D eigenvalue weighted by atomic mass is 35.5. The Kier molecular flexibility index (Phi) is 10.6. The summed E-state index contributed by atoms with van der Waals surface area (Å²) in [4.78, 5) is 25.9. The van der Waals surface area contributed by atoms with Crippen molar-refractivity contribution in [3.05, 3.63) is 80.8 Å². The quantitative estimate of drug-likeness (QED) is 0.196. The molecule has 0 aliphatic heterocycles. The van der Waals surface area contributed by atoms with Gasteiger partial charge in [0, 0.05) is 30.9 Å². The zero-order valence-corrected chi connectivity index (χ0v) is 24.3. The molecule has 0 aliphatic rings. The van der Waals surface area contributed by atoms with Crippen LogP contribution in [0, 0.1) is 19.8 Å². The zero-order chi connectivity index (χ0) is 28.7. The number of phenols is 1. The zero-order valence-electron chi connectivity index (χ0n) is 22.8. The molecular formula is C30H34Cl2N2O5. The van der Waals surface area contributed by atoms with Crippen LogP contribution in [0.25, 0.3) is 0 Å². The smallest absolute Gasteiger partial charge is 0.397 e. The molecule has 0 atom stereocenters. The average molecular weight is 574 g/mol. The fraction of sp³-hybridized carbons (Fsp3) is 0.333. The Balaban J connectivity index is 1.79. The number of anilines is 1. The van der Waals surface area contributed by atoms with Crippen molar-refractivity contribution in [2.45, 2.75) is 47.7 Å². The van der Waals surface area contributed by atoms with E-state index in [1.807, 2.05) is 32.0 Å². The first-order chi connectivity index (χ1) is 18.5. The molecule has 0 saturated heterocycles. The number of rotatable bonds is 10. The van der Waals surface area contributed by atoms with Crippen molar-refractivity contribution in [1.82, 2.24) is 4.90 Å². The molecule has 0 unspecified atom stereocenters. The molecule has 0 spiro atoms. The lowest BCUT2D eigenvalue weighted by atomic mass is 10.1. The second-order valence-electron chi connectivity index (χ2n) is 9.82. The first-order valence-corrected chi connectivity index (χ1v) is 13.5. The predicted molar refractivity (Wildman–Crippen MR) is 155 cm³/mol. The molecule has 2 N–H and O–H groups in total. The van der Waals surface area contributed by atoms with Gasteiger partial charge in [-0.15, -0.1) is 0 Å². The summed E-state index contributed by atoms with van der Waals surface area (Å²) < 4.78 is 11.0. The van der Waals surface area contributed by atoms with E-state index in [1.165, 1.54) is 0 Å². The predicted octanol–water partition coefficient (Wildman–Crippen LogP) is 7.27. The van der Waals surface area contributed by atoms with Gasteiger partial charge in [-0.1, -0.05) is 43.1 Å². The number of nitrogens with one attached hydrogen (secondary N) is 1. The molecule has 0 fully saturated rings. The summed E-state index contributed by atoms with van der Waals surface area (Å²) in [5.74, 6) is -0.0000935. The highest BCUT2D eigenvalue weighted by Crippen LogP contribution is 2.34. The Morgan fingerprint density at radius 2 is 1.67 bits per heavy atom. The second kappa shape index (κ2) is 13.7. The number of amides is 1. The molecule has 3 aromatic carbocycles. The van der Waals surface area contributed by atoms with Gasteiger partial charge in [-0.05, 0) is 85.8 Å². The molecule has 0 bridgehead atoms. The molecule has 9 heteroatoms. The van der Waals surface area contributed by atoms with Gasteiger partial charge in [-0.3, -0.25) is 9.69 Å². The third-order valence-corrected chi connectivity index (χ3v) is 6.60. The van der Waals surface area contributed by atoms with Gasteiger partial charge < -0.3 is 19.9 Å². The standard InChI is InChI=1S/C30H34Cl2N2O5/c1-6-38-30(37)29(36)33-23-11-19(4)28(20(5)12-23)39-24-8-10-27(35)22(14-24)17-34(15-18(2)3)16-21-7-9-25(31)26(32)13-21/h7-14,18,35H,6,15-17H2,1-5H3,(H,33,36). The summed E-state index contributed by atoms with van der Waals surface area (Å²) in [6, 6.07) is 14.2. The van der Waals surface area contributed by atoms with Gasteiger partial charge in [0.1, 0.15) is 17.2 Å². The van der Waals surface area contributed by atoms with Crippen LogP contribution in [-0.2, 0) is 27.4 Å². The number of carbonyl (C=O) groups is 2. The Bertz CT molecular complexity index is 1320. The van der Waals surface area contributed by atoms with E-state index in [0.29, 0.717) is 46.2 Å². The normalized spacial score (nSPS) is 11.1. The van der Waals surface area contributed by atoms with E-state index < -0.39 is 11.9 Å². The van der Waals surface area contributed by atoms with E-state index in [-0.39, 0.29) is 12.4 Å². The van der Waals surface area contributed by atoms with E-state index in [2.05, 4.69) is 24.1 Å². The van der Waals surface area contributed by atoms with E-state index in [1.54, 1.807) is 37.3 Å². The van der Waals surface area contributed by atoms with Gasteiger partial charge in [-0.25, -0.2) is 4.79 Å². The third-order valence-electron chi connectivity index (χ3n) is 5.86. The highest BCUT2D eigenvalue weighted by molar-refractivity contribution is 6.42. The van der Waals surface area contributed by atoms with Crippen LogP contribution in [-0.4, -0.2) is 35.0 Å². The maximum atomic E-state index is 12.0. The van der Waals surface area contributed by atoms with E-state index in [0.717, 1.165) is 28.8 Å². The number of phenolic OH excluding ortho intramolecular Hbond substituents is 1. The lowest BCUT2D eigenvalue weighted by molar-refractivity contribution is -0.152. The number of aromatic hydroxyl groups is 1. The molecule has 0 saturated carbocycles. The van der Waals surface area contributed by atoms with Gasteiger partial charge >= 0.3 is 11.9 Å². The van der Waals surface area contributed by atoms with Crippen molar-refractivity contribution in [2.75, 3.05) is 18.5 Å².